The SMILES string of the molecule is O=C(c1cccc(C(F)(F)F)c1Cl)N1CCn2c(nnc2-c2cccc(F)n2)C1. The number of amides is 1. The fourth-order valence-corrected chi connectivity index (χ4v) is 3.45. The molecule has 0 radical (unpaired) electrons. The lowest BCUT2D eigenvalue weighted by Gasteiger charge is -2.28. The van der Waals surface area contributed by atoms with Gasteiger partial charge in [0.2, 0.25) is 5.95 Å². The van der Waals surface area contributed by atoms with Crippen LogP contribution in [0.1, 0.15) is 21.7 Å². The summed E-state index contributed by atoms with van der Waals surface area (Å²) < 4.78 is 54.3. The number of aromatic nitrogens is 4. The number of halogens is 5. The molecule has 6 nitrogen and oxygen atoms in total. The van der Waals surface area contributed by atoms with Crippen LogP contribution >= 0.6 is 11.6 Å². The van der Waals surface area contributed by atoms with Crippen molar-refractivity contribution in [3.05, 3.63) is 64.3 Å². The van der Waals surface area contributed by atoms with Gasteiger partial charge in [0.15, 0.2) is 11.6 Å². The summed E-state index contributed by atoms with van der Waals surface area (Å²) in [6.07, 6.45) is -4.66. The summed E-state index contributed by atoms with van der Waals surface area (Å²) in [5, 5.41) is 7.39. The van der Waals surface area contributed by atoms with E-state index in [4.69, 9.17) is 11.6 Å². The van der Waals surface area contributed by atoms with Gasteiger partial charge in [-0.15, -0.1) is 10.2 Å². The number of hydrogen-bond acceptors (Lipinski definition) is 4. The van der Waals surface area contributed by atoms with Crippen molar-refractivity contribution < 1.29 is 22.4 Å². The molecular weight excluding hydrogens is 414 g/mol. The van der Waals surface area contributed by atoms with E-state index < -0.39 is 28.6 Å². The molecule has 150 valence electrons. The Morgan fingerprint density at radius 2 is 1.83 bits per heavy atom. The summed E-state index contributed by atoms with van der Waals surface area (Å²) in [7, 11) is 0. The van der Waals surface area contributed by atoms with Crippen molar-refractivity contribution in [3.8, 4) is 11.5 Å². The summed E-state index contributed by atoms with van der Waals surface area (Å²) in [6.45, 7) is 0.491. The first-order chi connectivity index (χ1) is 13.8. The Morgan fingerprint density at radius 3 is 2.55 bits per heavy atom. The predicted octanol–water partition coefficient (Wildman–Crippen LogP) is 3.81. The second kappa shape index (κ2) is 7.11. The van der Waals surface area contributed by atoms with Crippen molar-refractivity contribution in [1.82, 2.24) is 24.6 Å². The Bertz CT molecular complexity index is 1100. The highest BCUT2D eigenvalue weighted by Gasteiger charge is 2.36. The molecule has 11 heteroatoms. The molecule has 0 saturated carbocycles. The van der Waals surface area contributed by atoms with Gasteiger partial charge in [-0.3, -0.25) is 4.79 Å². The third-order valence-corrected chi connectivity index (χ3v) is 4.93. The maximum atomic E-state index is 13.4. The van der Waals surface area contributed by atoms with Crippen LogP contribution in [-0.4, -0.2) is 37.1 Å². The van der Waals surface area contributed by atoms with E-state index >= 15 is 0 Å². The van der Waals surface area contributed by atoms with Gasteiger partial charge in [0.05, 0.1) is 22.7 Å². The molecule has 0 spiro atoms. The topological polar surface area (TPSA) is 63.9 Å². The van der Waals surface area contributed by atoms with Crippen LogP contribution < -0.4 is 0 Å². The first-order valence-corrected chi connectivity index (χ1v) is 8.83. The fourth-order valence-electron chi connectivity index (χ4n) is 3.14. The number of carbonyl (C=O) groups is 1. The smallest absolute Gasteiger partial charge is 0.329 e. The van der Waals surface area contributed by atoms with Crippen LogP contribution in [0, 0.1) is 5.95 Å². The molecule has 0 N–H and O–H groups in total. The highest BCUT2D eigenvalue weighted by molar-refractivity contribution is 6.34. The lowest BCUT2D eigenvalue weighted by atomic mass is 10.1. The molecule has 4 rings (SSSR count). The number of pyridine rings is 1. The zero-order valence-electron chi connectivity index (χ0n) is 14.6. The second-order valence-corrected chi connectivity index (χ2v) is 6.71. The number of hydrogen-bond donors (Lipinski definition) is 0. The summed E-state index contributed by atoms with van der Waals surface area (Å²) in [4.78, 5) is 17.9. The van der Waals surface area contributed by atoms with Gasteiger partial charge in [0.1, 0.15) is 5.69 Å². The van der Waals surface area contributed by atoms with Crippen molar-refractivity contribution >= 4 is 17.5 Å². The van der Waals surface area contributed by atoms with E-state index in [2.05, 4.69) is 15.2 Å². The van der Waals surface area contributed by atoms with Crippen molar-refractivity contribution in [2.24, 2.45) is 0 Å². The van der Waals surface area contributed by atoms with Crippen LogP contribution in [0.5, 0.6) is 0 Å². The van der Waals surface area contributed by atoms with Crippen LogP contribution in [0.3, 0.4) is 0 Å². The molecule has 0 atom stereocenters. The van der Waals surface area contributed by atoms with Gasteiger partial charge < -0.3 is 9.47 Å². The maximum Gasteiger partial charge on any atom is 0.417 e. The monoisotopic (exact) mass is 425 g/mol. The van der Waals surface area contributed by atoms with Gasteiger partial charge in [-0.2, -0.15) is 17.6 Å². The average molecular weight is 426 g/mol. The molecule has 3 aromatic rings. The van der Waals surface area contributed by atoms with Gasteiger partial charge >= 0.3 is 6.18 Å². The Labute approximate surface area is 166 Å². The number of benzene rings is 1. The fraction of sp³-hybridized carbons (Fsp3) is 0.222. The van der Waals surface area contributed by atoms with Crippen molar-refractivity contribution in [1.29, 1.82) is 0 Å². The molecule has 0 fully saturated rings. The molecule has 1 amide bonds. The molecule has 2 aromatic heterocycles. The maximum absolute atomic E-state index is 13.4. The quantitative estimate of drug-likeness (QED) is 0.462. The van der Waals surface area contributed by atoms with E-state index in [-0.39, 0.29) is 25.2 Å². The number of rotatable bonds is 2. The largest absolute Gasteiger partial charge is 0.417 e. The Hall–Kier alpha value is -3.01. The highest BCUT2D eigenvalue weighted by atomic mass is 35.5. The van der Waals surface area contributed by atoms with Crippen LogP contribution in [0.2, 0.25) is 5.02 Å². The van der Waals surface area contributed by atoms with Crippen LogP contribution in [0.25, 0.3) is 11.5 Å². The number of alkyl halides is 3. The lowest BCUT2D eigenvalue weighted by molar-refractivity contribution is -0.137. The molecule has 1 aromatic carbocycles. The van der Waals surface area contributed by atoms with Gasteiger partial charge in [-0.25, -0.2) is 4.98 Å². The van der Waals surface area contributed by atoms with Gasteiger partial charge in [0, 0.05) is 13.1 Å². The summed E-state index contributed by atoms with van der Waals surface area (Å²) in [6, 6.07) is 7.50. The number of fused-ring (bicyclic) bond motifs is 1. The molecule has 1 aliphatic heterocycles. The van der Waals surface area contributed by atoms with Crippen LogP contribution in [0.15, 0.2) is 36.4 Å². The molecular formula is C18H12ClF4N5O. The van der Waals surface area contributed by atoms with E-state index in [1.807, 2.05) is 0 Å². The average Bonchev–Trinajstić information content (AvgIpc) is 3.10. The zero-order chi connectivity index (χ0) is 20.8. The Kier molecular flexibility index (Phi) is 4.73. The zero-order valence-corrected chi connectivity index (χ0v) is 15.4. The molecule has 1 aliphatic rings. The predicted molar refractivity (Wildman–Crippen MR) is 94.4 cm³/mol. The third-order valence-electron chi connectivity index (χ3n) is 4.52. The molecule has 0 bridgehead atoms. The molecule has 3 heterocycles. The minimum Gasteiger partial charge on any atom is -0.329 e. The Balaban J connectivity index is 1.61. The summed E-state index contributed by atoms with van der Waals surface area (Å²) in [5.41, 5.74) is -1.00. The van der Waals surface area contributed by atoms with E-state index in [0.29, 0.717) is 17.3 Å². The second-order valence-electron chi connectivity index (χ2n) is 6.33. The first kappa shape index (κ1) is 19.3. The normalized spacial score (nSPS) is 14.0. The molecule has 0 unspecified atom stereocenters. The van der Waals surface area contributed by atoms with E-state index in [1.165, 1.54) is 23.1 Å². The third kappa shape index (κ3) is 3.55. The Morgan fingerprint density at radius 1 is 1.07 bits per heavy atom. The summed E-state index contributed by atoms with van der Waals surface area (Å²) in [5.74, 6) is -0.537. The standard InChI is InChI=1S/C18H12ClF4N5O/c19-15-10(3-1-4-11(15)18(21,22)23)17(29)27-7-8-28-14(9-27)25-26-16(28)12-5-2-6-13(20)24-12/h1-6H,7-9H2. The van der Waals surface area contributed by atoms with Gasteiger partial charge in [-0.1, -0.05) is 23.7 Å². The molecule has 0 saturated heterocycles. The van der Waals surface area contributed by atoms with Crippen molar-refractivity contribution in [2.75, 3.05) is 6.54 Å². The number of carbonyl (C=O) groups excluding carboxylic acids is 1. The van der Waals surface area contributed by atoms with E-state index in [1.54, 1.807) is 10.6 Å². The minimum atomic E-state index is -4.66. The highest BCUT2D eigenvalue weighted by Crippen LogP contribution is 2.36. The lowest BCUT2D eigenvalue weighted by Crippen LogP contribution is -2.38. The molecule has 0 aliphatic carbocycles. The van der Waals surface area contributed by atoms with Crippen LogP contribution in [-0.2, 0) is 19.3 Å². The van der Waals surface area contributed by atoms with Crippen molar-refractivity contribution in [3.63, 3.8) is 0 Å². The van der Waals surface area contributed by atoms with Crippen molar-refractivity contribution in [2.45, 2.75) is 19.3 Å². The first-order valence-electron chi connectivity index (χ1n) is 8.45. The summed E-state index contributed by atoms with van der Waals surface area (Å²) >= 11 is 5.86. The van der Waals surface area contributed by atoms with Crippen LogP contribution in [0.4, 0.5) is 17.6 Å². The van der Waals surface area contributed by atoms with E-state index in [0.717, 1.165) is 12.1 Å². The molecule has 29 heavy (non-hydrogen) atoms. The van der Waals surface area contributed by atoms with E-state index in [9.17, 15) is 22.4 Å². The van der Waals surface area contributed by atoms with Gasteiger partial charge in [0.25, 0.3) is 5.91 Å². The number of nitrogens with zero attached hydrogens (tertiary/aromatic N) is 5. The minimum absolute atomic E-state index is 0.0216. The van der Waals surface area contributed by atoms with Gasteiger partial charge in [-0.05, 0) is 24.3 Å².